The Balaban J connectivity index is 2.40. The van der Waals surface area contributed by atoms with Crippen LogP contribution in [0, 0.1) is 0 Å². The van der Waals surface area contributed by atoms with Gasteiger partial charge in [0.05, 0.1) is 6.61 Å². The predicted molar refractivity (Wildman–Crippen MR) is 66.5 cm³/mol. The van der Waals surface area contributed by atoms with Crippen LogP contribution in [0.15, 0.2) is 30.3 Å². The standard InChI is InChI=1S/C14H20O3/c1-11(13(15)17-14(2,3)4)16-10-12-8-6-5-7-9-12/h5-9,11H,10H2,1-4H3/t11-/m0/s1. The van der Waals surface area contributed by atoms with Gasteiger partial charge in [-0.25, -0.2) is 4.79 Å². The summed E-state index contributed by atoms with van der Waals surface area (Å²) in [6, 6.07) is 9.75. The lowest BCUT2D eigenvalue weighted by atomic mass is 10.2. The molecule has 0 unspecified atom stereocenters. The van der Waals surface area contributed by atoms with Crippen LogP contribution in [0.1, 0.15) is 33.3 Å². The normalized spacial score (nSPS) is 13.2. The molecule has 1 atom stereocenters. The largest absolute Gasteiger partial charge is 0.458 e. The topological polar surface area (TPSA) is 35.5 Å². The van der Waals surface area contributed by atoms with E-state index in [0.717, 1.165) is 5.56 Å². The third-order valence-electron chi connectivity index (χ3n) is 2.08. The minimum absolute atomic E-state index is 0.326. The number of ether oxygens (including phenoxy) is 2. The second kappa shape index (κ2) is 5.82. The van der Waals surface area contributed by atoms with Crippen molar-refractivity contribution in [2.45, 2.75) is 46.0 Å². The minimum atomic E-state index is -0.547. The van der Waals surface area contributed by atoms with Crippen LogP contribution in [0.2, 0.25) is 0 Å². The van der Waals surface area contributed by atoms with Crippen molar-refractivity contribution in [3.05, 3.63) is 35.9 Å². The second-order valence-corrected chi connectivity index (χ2v) is 4.97. The Labute approximate surface area is 103 Å². The van der Waals surface area contributed by atoms with Crippen LogP contribution >= 0.6 is 0 Å². The Morgan fingerprint density at radius 3 is 2.35 bits per heavy atom. The number of benzene rings is 1. The van der Waals surface area contributed by atoms with Gasteiger partial charge in [0.25, 0.3) is 0 Å². The summed E-state index contributed by atoms with van der Waals surface area (Å²) >= 11 is 0. The van der Waals surface area contributed by atoms with Gasteiger partial charge in [0.2, 0.25) is 0 Å². The summed E-state index contributed by atoms with van der Waals surface area (Å²) in [5.74, 6) is -0.326. The molecule has 0 aliphatic heterocycles. The third kappa shape index (κ3) is 5.50. The van der Waals surface area contributed by atoms with Crippen molar-refractivity contribution in [1.29, 1.82) is 0 Å². The van der Waals surface area contributed by atoms with Crippen molar-refractivity contribution in [2.24, 2.45) is 0 Å². The maximum atomic E-state index is 11.6. The molecule has 3 nitrogen and oxygen atoms in total. The first kappa shape index (κ1) is 13.7. The molecule has 1 rings (SSSR count). The van der Waals surface area contributed by atoms with E-state index < -0.39 is 11.7 Å². The van der Waals surface area contributed by atoms with Gasteiger partial charge in [0, 0.05) is 0 Å². The molecule has 0 N–H and O–H groups in total. The monoisotopic (exact) mass is 236 g/mol. The van der Waals surface area contributed by atoms with Gasteiger partial charge >= 0.3 is 5.97 Å². The number of hydrogen-bond acceptors (Lipinski definition) is 3. The van der Waals surface area contributed by atoms with Crippen LogP contribution in [0.4, 0.5) is 0 Å². The fourth-order valence-electron chi connectivity index (χ4n) is 1.25. The lowest BCUT2D eigenvalue weighted by Gasteiger charge is -2.22. The van der Waals surface area contributed by atoms with Gasteiger partial charge < -0.3 is 9.47 Å². The highest BCUT2D eigenvalue weighted by Crippen LogP contribution is 2.11. The molecule has 0 radical (unpaired) electrons. The average Bonchev–Trinajstić information content (AvgIpc) is 2.25. The van der Waals surface area contributed by atoms with Gasteiger partial charge in [0.1, 0.15) is 5.60 Å². The molecule has 0 saturated carbocycles. The summed E-state index contributed by atoms with van der Waals surface area (Å²) in [4.78, 5) is 11.6. The van der Waals surface area contributed by atoms with Crippen LogP contribution in [-0.2, 0) is 20.9 Å². The van der Waals surface area contributed by atoms with Gasteiger partial charge in [-0.1, -0.05) is 30.3 Å². The van der Waals surface area contributed by atoms with E-state index in [2.05, 4.69) is 0 Å². The van der Waals surface area contributed by atoms with Crippen molar-refractivity contribution in [3.63, 3.8) is 0 Å². The molecule has 0 aromatic heterocycles. The molecule has 3 heteroatoms. The first-order valence-corrected chi connectivity index (χ1v) is 5.77. The molecule has 0 heterocycles. The molecule has 0 aliphatic rings. The molecule has 0 spiro atoms. The van der Waals surface area contributed by atoms with Gasteiger partial charge in [-0.2, -0.15) is 0 Å². The van der Waals surface area contributed by atoms with E-state index >= 15 is 0 Å². The van der Waals surface area contributed by atoms with E-state index in [0.29, 0.717) is 6.61 Å². The predicted octanol–water partition coefficient (Wildman–Crippen LogP) is 2.93. The lowest BCUT2D eigenvalue weighted by Crippen LogP contribution is -2.31. The molecular weight excluding hydrogens is 216 g/mol. The average molecular weight is 236 g/mol. The van der Waals surface area contributed by atoms with Gasteiger partial charge in [-0.3, -0.25) is 0 Å². The molecule has 0 fully saturated rings. The number of rotatable bonds is 4. The number of esters is 1. The fraction of sp³-hybridized carbons (Fsp3) is 0.500. The molecule has 1 aromatic rings. The third-order valence-corrected chi connectivity index (χ3v) is 2.08. The van der Waals surface area contributed by atoms with E-state index in [9.17, 15) is 4.79 Å². The molecule has 1 aromatic carbocycles. The number of hydrogen-bond donors (Lipinski definition) is 0. The highest BCUT2D eigenvalue weighted by molar-refractivity contribution is 5.74. The SMILES string of the molecule is C[C@H](OCc1ccccc1)C(=O)OC(C)(C)C. The molecule has 0 saturated heterocycles. The van der Waals surface area contributed by atoms with Gasteiger partial charge in [0.15, 0.2) is 6.10 Å². The first-order valence-electron chi connectivity index (χ1n) is 5.77. The fourth-order valence-corrected chi connectivity index (χ4v) is 1.25. The van der Waals surface area contributed by atoms with Crippen LogP contribution < -0.4 is 0 Å². The molecule has 0 amide bonds. The lowest BCUT2D eigenvalue weighted by molar-refractivity contribution is -0.168. The van der Waals surface area contributed by atoms with Crippen LogP contribution in [0.25, 0.3) is 0 Å². The van der Waals surface area contributed by atoms with E-state index in [-0.39, 0.29) is 5.97 Å². The van der Waals surface area contributed by atoms with E-state index in [4.69, 9.17) is 9.47 Å². The van der Waals surface area contributed by atoms with Crippen molar-refractivity contribution in [1.82, 2.24) is 0 Å². The smallest absolute Gasteiger partial charge is 0.335 e. The Morgan fingerprint density at radius 1 is 1.24 bits per heavy atom. The van der Waals surface area contributed by atoms with Crippen LogP contribution in [0.3, 0.4) is 0 Å². The van der Waals surface area contributed by atoms with E-state index in [1.165, 1.54) is 0 Å². The van der Waals surface area contributed by atoms with Crippen molar-refractivity contribution in [3.8, 4) is 0 Å². The Hall–Kier alpha value is -1.35. The molecule has 94 valence electrons. The Bertz CT molecular complexity index is 351. The maximum absolute atomic E-state index is 11.6. The van der Waals surface area contributed by atoms with E-state index in [1.54, 1.807) is 6.92 Å². The quantitative estimate of drug-likeness (QED) is 0.754. The summed E-state index contributed by atoms with van der Waals surface area (Å²) in [5, 5.41) is 0. The summed E-state index contributed by atoms with van der Waals surface area (Å²) in [6.07, 6.45) is -0.547. The van der Waals surface area contributed by atoms with Crippen molar-refractivity contribution >= 4 is 5.97 Å². The highest BCUT2D eigenvalue weighted by atomic mass is 16.6. The van der Waals surface area contributed by atoms with Crippen LogP contribution in [-0.4, -0.2) is 17.7 Å². The zero-order valence-corrected chi connectivity index (χ0v) is 10.9. The zero-order valence-electron chi connectivity index (χ0n) is 10.9. The molecule has 17 heavy (non-hydrogen) atoms. The first-order chi connectivity index (χ1) is 7.88. The van der Waals surface area contributed by atoms with E-state index in [1.807, 2.05) is 51.1 Å². The number of carbonyl (C=O) groups excluding carboxylic acids is 1. The summed E-state index contributed by atoms with van der Waals surface area (Å²) < 4.78 is 10.7. The molecule has 0 bridgehead atoms. The maximum Gasteiger partial charge on any atom is 0.335 e. The Morgan fingerprint density at radius 2 is 1.82 bits per heavy atom. The summed E-state index contributed by atoms with van der Waals surface area (Å²) in [6.45, 7) is 7.65. The summed E-state index contributed by atoms with van der Waals surface area (Å²) in [5.41, 5.74) is 0.574. The second-order valence-electron chi connectivity index (χ2n) is 4.97. The van der Waals surface area contributed by atoms with Crippen molar-refractivity contribution in [2.75, 3.05) is 0 Å². The number of carbonyl (C=O) groups is 1. The zero-order chi connectivity index (χ0) is 12.9. The molecule has 0 aliphatic carbocycles. The van der Waals surface area contributed by atoms with Gasteiger partial charge in [-0.05, 0) is 33.3 Å². The molecular formula is C14H20O3. The Kier molecular flexibility index (Phi) is 4.70. The van der Waals surface area contributed by atoms with Crippen LogP contribution in [0.5, 0.6) is 0 Å². The highest BCUT2D eigenvalue weighted by Gasteiger charge is 2.21. The van der Waals surface area contributed by atoms with Gasteiger partial charge in [-0.15, -0.1) is 0 Å². The minimum Gasteiger partial charge on any atom is -0.458 e. The summed E-state index contributed by atoms with van der Waals surface area (Å²) in [7, 11) is 0. The van der Waals surface area contributed by atoms with Crippen molar-refractivity contribution < 1.29 is 14.3 Å².